The molecule has 0 spiro atoms. The van der Waals surface area contributed by atoms with E-state index in [0.29, 0.717) is 23.6 Å². The van der Waals surface area contributed by atoms with Crippen LogP contribution in [-0.2, 0) is 12.7 Å². The molecular formula is C15H16F3NO. The lowest BCUT2D eigenvalue weighted by molar-refractivity contribution is -0.137. The van der Waals surface area contributed by atoms with Gasteiger partial charge in [0.15, 0.2) is 0 Å². The number of halogens is 3. The molecular weight excluding hydrogens is 267 g/mol. The van der Waals surface area contributed by atoms with Crippen LogP contribution in [0, 0.1) is 6.92 Å². The van der Waals surface area contributed by atoms with Crippen LogP contribution in [0.25, 0.3) is 11.3 Å². The number of hydrogen-bond acceptors (Lipinski definition) is 2. The fraction of sp³-hybridized carbons (Fsp3) is 0.333. The highest BCUT2D eigenvalue weighted by Gasteiger charge is 2.31. The molecule has 0 radical (unpaired) electrons. The molecule has 5 heteroatoms. The molecule has 20 heavy (non-hydrogen) atoms. The minimum absolute atomic E-state index is 0.460. The van der Waals surface area contributed by atoms with Gasteiger partial charge in [-0.05, 0) is 43.3 Å². The van der Waals surface area contributed by atoms with Crippen LogP contribution in [0.2, 0.25) is 0 Å². The van der Waals surface area contributed by atoms with Crippen LogP contribution in [0.4, 0.5) is 13.2 Å². The standard InChI is InChI=1S/C15H16F3NO/c1-3-19-9-12-6-7-14(20-12)13-8-11(15(16,17)18)5-4-10(13)2/h4-8,19H,3,9H2,1-2H3. The molecule has 1 N–H and O–H groups in total. The van der Waals surface area contributed by atoms with Crippen LogP contribution in [0.1, 0.15) is 23.8 Å². The molecule has 0 bridgehead atoms. The Kier molecular flexibility index (Phi) is 4.18. The largest absolute Gasteiger partial charge is 0.460 e. The van der Waals surface area contributed by atoms with E-state index in [9.17, 15) is 13.2 Å². The van der Waals surface area contributed by atoms with Gasteiger partial charge in [0.2, 0.25) is 0 Å². The first-order valence-electron chi connectivity index (χ1n) is 6.39. The van der Waals surface area contributed by atoms with Crippen LogP contribution in [-0.4, -0.2) is 6.54 Å². The zero-order valence-electron chi connectivity index (χ0n) is 11.3. The van der Waals surface area contributed by atoms with Gasteiger partial charge in [-0.1, -0.05) is 13.0 Å². The Bertz CT molecular complexity index is 587. The lowest BCUT2D eigenvalue weighted by Crippen LogP contribution is -2.10. The first-order valence-corrected chi connectivity index (χ1v) is 6.39. The average molecular weight is 283 g/mol. The zero-order valence-corrected chi connectivity index (χ0v) is 11.3. The van der Waals surface area contributed by atoms with Gasteiger partial charge in [-0.3, -0.25) is 0 Å². The predicted molar refractivity (Wildman–Crippen MR) is 71.3 cm³/mol. The van der Waals surface area contributed by atoms with E-state index in [1.54, 1.807) is 19.1 Å². The van der Waals surface area contributed by atoms with E-state index in [4.69, 9.17) is 4.42 Å². The third-order valence-corrected chi connectivity index (χ3v) is 3.04. The van der Waals surface area contributed by atoms with Crippen molar-refractivity contribution in [1.82, 2.24) is 5.32 Å². The van der Waals surface area contributed by atoms with Crippen LogP contribution in [0.15, 0.2) is 34.7 Å². The quantitative estimate of drug-likeness (QED) is 0.900. The minimum atomic E-state index is -4.35. The highest BCUT2D eigenvalue weighted by molar-refractivity contribution is 5.63. The van der Waals surface area contributed by atoms with Gasteiger partial charge >= 0.3 is 6.18 Å². The van der Waals surface area contributed by atoms with Gasteiger partial charge in [0, 0.05) is 5.56 Å². The Morgan fingerprint density at radius 1 is 1.15 bits per heavy atom. The summed E-state index contributed by atoms with van der Waals surface area (Å²) in [6.45, 7) is 5.11. The molecule has 0 saturated heterocycles. The summed E-state index contributed by atoms with van der Waals surface area (Å²) in [5, 5.41) is 3.11. The molecule has 108 valence electrons. The number of rotatable bonds is 4. The third-order valence-electron chi connectivity index (χ3n) is 3.04. The number of alkyl halides is 3. The van der Waals surface area contributed by atoms with Crippen LogP contribution in [0.3, 0.4) is 0 Å². The van der Waals surface area contributed by atoms with Gasteiger partial charge in [-0.25, -0.2) is 0 Å². The molecule has 2 aromatic rings. The molecule has 0 saturated carbocycles. The summed E-state index contributed by atoms with van der Waals surface area (Å²) >= 11 is 0. The molecule has 2 rings (SSSR count). The summed E-state index contributed by atoms with van der Waals surface area (Å²) in [6.07, 6.45) is -4.35. The summed E-state index contributed by atoms with van der Waals surface area (Å²) in [7, 11) is 0. The van der Waals surface area contributed by atoms with Gasteiger partial charge in [0.05, 0.1) is 12.1 Å². The first kappa shape index (κ1) is 14.7. The normalized spacial score (nSPS) is 11.8. The van der Waals surface area contributed by atoms with Crippen molar-refractivity contribution in [3.05, 3.63) is 47.2 Å². The predicted octanol–water partition coefficient (Wildman–Crippen LogP) is 4.38. The Labute approximate surface area is 115 Å². The molecule has 0 aliphatic carbocycles. The second kappa shape index (κ2) is 5.71. The number of hydrogen-bond donors (Lipinski definition) is 1. The van der Waals surface area contributed by atoms with Crippen molar-refractivity contribution in [2.75, 3.05) is 6.54 Å². The molecule has 1 aromatic carbocycles. The van der Waals surface area contributed by atoms with Gasteiger partial charge in [-0.15, -0.1) is 0 Å². The number of benzene rings is 1. The molecule has 0 aliphatic rings. The van der Waals surface area contributed by atoms with E-state index >= 15 is 0 Å². The highest BCUT2D eigenvalue weighted by atomic mass is 19.4. The molecule has 0 aliphatic heterocycles. The second-order valence-corrected chi connectivity index (χ2v) is 4.57. The number of nitrogens with one attached hydrogen (secondary N) is 1. The van der Waals surface area contributed by atoms with E-state index < -0.39 is 11.7 Å². The van der Waals surface area contributed by atoms with Crippen molar-refractivity contribution in [2.24, 2.45) is 0 Å². The molecule has 0 atom stereocenters. The fourth-order valence-corrected chi connectivity index (χ4v) is 1.93. The monoisotopic (exact) mass is 283 g/mol. The fourth-order valence-electron chi connectivity index (χ4n) is 1.93. The van der Waals surface area contributed by atoms with E-state index in [-0.39, 0.29) is 0 Å². The summed E-state index contributed by atoms with van der Waals surface area (Å²) in [6, 6.07) is 7.16. The maximum absolute atomic E-state index is 12.7. The number of furan rings is 1. The maximum atomic E-state index is 12.7. The van der Waals surface area contributed by atoms with Crippen molar-refractivity contribution in [1.29, 1.82) is 0 Å². The second-order valence-electron chi connectivity index (χ2n) is 4.57. The average Bonchev–Trinajstić information content (AvgIpc) is 2.84. The van der Waals surface area contributed by atoms with E-state index in [0.717, 1.165) is 24.2 Å². The van der Waals surface area contributed by atoms with E-state index in [1.807, 2.05) is 6.92 Å². The van der Waals surface area contributed by atoms with Gasteiger partial charge < -0.3 is 9.73 Å². The van der Waals surface area contributed by atoms with Gasteiger partial charge in [-0.2, -0.15) is 13.2 Å². The Balaban J connectivity index is 2.34. The summed E-state index contributed by atoms with van der Waals surface area (Å²) in [4.78, 5) is 0. The molecule has 1 aromatic heterocycles. The minimum Gasteiger partial charge on any atom is -0.460 e. The van der Waals surface area contributed by atoms with Crippen molar-refractivity contribution in [3.8, 4) is 11.3 Å². The molecule has 0 fully saturated rings. The van der Waals surface area contributed by atoms with E-state index in [1.165, 1.54) is 6.07 Å². The lowest BCUT2D eigenvalue weighted by Gasteiger charge is -2.10. The Morgan fingerprint density at radius 2 is 1.90 bits per heavy atom. The maximum Gasteiger partial charge on any atom is 0.416 e. The summed E-state index contributed by atoms with van der Waals surface area (Å²) in [5.74, 6) is 1.17. The van der Waals surface area contributed by atoms with E-state index in [2.05, 4.69) is 5.32 Å². The molecule has 1 heterocycles. The Hall–Kier alpha value is -1.75. The van der Waals surface area contributed by atoms with Crippen molar-refractivity contribution in [3.63, 3.8) is 0 Å². The first-order chi connectivity index (χ1) is 9.41. The molecule has 0 unspecified atom stereocenters. The molecule has 2 nitrogen and oxygen atoms in total. The summed E-state index contributed by atoms with van der Waals surface area (Å²) in [5.41, 5.74) is 0.563. The number of aryl methyl sites for hydroxylation is 1. The van der Waals surface area contributed by atoms with Crippen molar-refractivity contribution >= 4 is 0 Å². The Morgan fingerprint density at radius 3 is 2.55 bits per heavy atom. The lowest BCUT2D eigenvalue weighted by atomic mass is 10.0. The zero-order chi connectivity index (χ0) is 14.8. The molecule has 0 amide bonds. The van der Waals surface area contributed by atoms with Crippen molar-refractivity contribution < 1.29 is 17.6 Å². The van der Waals surface area contributed by atoms with Crippen molar-refractivity contribution in [2.45, 2.75) is 26.6 Å². The third kappa shape index (κ3) is 3.22. The van der Waals surface area contributed by atoms with Crippen LogP contribution < -0.4 is 5.32 Å². The highest BCUT2D eigenvalue weighted by Crippen LogP contribution is 2.34. The van der Waals surface area contributed by atoms with Gasteiger partial charge in [0.1, 0.15) is 11.5 Å². The van der Waals surface area contributed by atoms with Crippen LogP contribution >= 0.6 is 0 Å². The van der Waals surface area contributed by atoms with Crippen LogP contribution in [0.5, 0.6) is 0 Å². The topological polar surface area (TPSA) is 25.2 Å². The summed E-state index contributed by atoms with van der Waals surface area (Å²) < 4.78 is 43.8. The smallest absolute Gasteiger partial charge is 0.416 e. The SMILES string of the molecule is CCNCc1ccc(-c2cc(C(F)(F)F)ccc2C)o1. The van der Waals surface area contributed by atoms with Gasteiger partial charge in [0.25, 0.3) is 0 Å².